The van der Waals surface area contributed by atoms with Crippen LogP contribution in [0.4, 0.5) is 11.5 Å². The van der Waals surface area contributed by atoms with Gasteiger partial charge in [-0.2, -0.15) is 0 Å². The highest BCUT2D eigenvalue weighted by Gasteiger charge is 2.02. The van der Waals surface area contributed by atoms with Crippen molar-refractivity contribution < 1.29 is 0 Å². The largest absolute Gasteiger partial charge is 0.340 e. The normalized spacial score (nSPS) is 10.3. The lowest BCUT2D eigenvalue weighted by atomic mass is 10.1. The number of benzene rings is 1. The first-order chi connectivity index (χ1) is 8.20. The average molecular weight is 227 g/mol. The zero-order valence-electron chi connectivity index (χ0n) is 10.2. The van der Waals surface area contributed by atoms with E-state index in [1.807, 2.05) is 12.1 Å². The minimum Gasteiger partial charge on any atom is -0.340 e. The number of nitrogens with one attached hydrogen (secondary N) is 1. The van der Waals surface area contributed by atoms with E-state index in [-0.39, 0.29) is 0 Å². The van der Waals surface area contributed by atoms with Gasteiger partial charge in [-0.3, -0.25) is 0 Å². The SMILES string of the molecule is Cc1ccc(Nc2ncccc2CN)cc1C. The predicted molar refractivity (Wildman–Crippen MR) is 71.3 cm³/mol. The van der Waals surface area contributed by atoms with Gasteiger partial charge in [0.25, 0.3) is 0 Å². The number of hydrogen-bond donors (Lipinski definition) is 2. The van der Waals surface area contributed by atoms with Crippen molar-refractivity contribution in [1.82, 2.24) is 4.98 Å². The van der Waals surface area contributed by atoms with E-state index in [1.165, 1.54) is 11.1 Å². The van der Waals surface area contributed by atoms with E-state index in [4.69, 9.17) is 5.73 Å². The van der Waals surface area contributed by atoms with Gasteiger partial charge in [0.15, 0.2) is 0 Å². The number of nitrogens with two attached hydrogens (primary N) is 1. The van der Waals surface area contributed by atoms with Crippen LogP contribution in [-0.4, -0.2) is 4.98 Å². The topological polar surface area (TPSA) is 50.9 Å². The van der Waals surface area contributed by atoms with Crippen molar-refractivity contribution >= 4 is 11.5 Å². The van der Waals surface area contributed by atoms with Crippen molar-refractivity contribution in [2.45, 2.75) is 20.4 Å². The van der Waals surface area contributed by atoms with Crippen LogP contribution in [0.2, 0.25) is 0 Å². The molecule has 0 atom stereocenters. The Bertz CT molecular complexity index is 521. The average Bonchev–Trinajstić information content (AvgIpc) is 2.34. The summed E-state index contributed by atoms with van der Waals surface area (Å²) in [5.74, 6) is 0.832. The first-order valence-electron chi connectivity index (χ1n) is 5.69. The van der Waals surface area contributed by atoms with Gasteiger partial charge in [-0.1, -0.05) is 12.1 Å². The molecule has 1 aromatic heterocycles. The Labute approximate surface area is 102 Å². The van der Waals surface area contributed by atoms with Gasteiger partial charge in [-0.15, -0.1) is 0 Å². The number of aryl methyl sites for hydroxylation is 2. The van der Waals surface area contributed by atoms with Crippen LogP contribution in [-0.2, 0) is 6.54 Å². The summed E-state index contributed by atoms with van der Waals surface area (Å²) in [4.78, 5) is 4.31. The second-order valence-electron chi connectivity index (χ2n) is 4.14. The summed E-state index contributed by atoms with van der Waals surface area (Å²) in [6, 6.07) is 10.1. The molecule has 0 fully saturated rings. The van der Waals surface area contributed by atoms with Gasteiger partial charge in [-0.05, 0) is 43.2 Å². The molecule has 0 amide bonds. The Morgan fingerprint density at radius 3 is 2.71 bits per heavy atom. The lowest BCUT2D eigenvalue weighted by Gasteiger charge is -2.10. The van der Waals surface area contributed by atoms with Crippen LogP contribution in [0.5, 0.6) is 0 Å². The molecule has 1 aromatic carbocycles. The number of aromatic nitrogens is 1. The molecule has 88 valence electrons. The van der Waals surface area contributed by atoms with Gasteiger partial charge in [0, 0.05) is 24.0 Å². The van der Waals surface area contributed by atoms with E-state index < -0.39 is 0 Å². The molecule has 3 N–H and O–H groups in total. The second kappa shape index (κ2) is 4.97. The smallest absolute Gasteiger partial charge is 0.134 e. The number of nitrogens with zero attached hydrogens (tertiary/aromatic N) is 1. The summed E-state index contributed by atoms with van der Waals surface area (Å²) in [6.07, 6.45) is 1.77. The van der Waals surface area contributed by atoms with Gasteiger partial charge in [-0.25, -0.2) is 4.98 Å². The molecule has 0 saturated heterocycles. The van der Waals surface area contributed by atoms with Crippen LogP contribution in [0.1, 0.15) is 16.7 Å². The lowest BCUT2D eigenvalue weighted by molar-refractivity contribution is 1.05. The van der Waals surface area contributed by atoms with Crippen molar-refractivity contribution in [3.63, 3.8) is 0 Å². The third-order valence-electron chi connectivity index (χ3n) is 2.88. The second-order valence-corrected chi connectivity index (χ2v) is 4.14. The third-order valence-corrected chi connectivity index (χ3v) is 2.88. The quantitative estimate of drug-likeness (QED) is 0.847. The predicted octanol–water partition coefficient (Wildman–Crippen LogP) is 2.90. The molecule has 2 rings (SSSR count). The highest BCUT2D eigenvalue weighted by molar-refractivity contribution is 5.60. The molecule has 0 radical (unpaired) electrons. The fourth-order valence-corrected chi connectivity index (χ4v) is 1.67. The van der Waals surface area contributed by atoms with Crippen LogP contribution >= 0.6 is 0 Å². The van der Waals surface area contributed by atoms with Gasteiger partial charge in [0.05, 0.1) is 0 Å². The molecule has 0 bridgehead atoms. The van der Waals surface area contributed by atoms with E-state index in [2.05, 4.69) is 42.3 Å². The summed E-state index contributed by atoms with van der Waals surface area (Å²) in [6.45, 7) is 4.69. The fraction of sp³-hybridized carbons (Fsp3) is 0.214. The fourth-order valence-electron chi connectivity index (χ4n) is 1.67. The molecular formula is C14H17N3. The Morgan fingerprint density at radius 2 is 2.00 bits per heavy atom. The minimum atomic E-state index is 0.487. The molecule has 0 aliphatic rings. The number of pyridine rings is 1. The van der Waals surface area contributed by atoms with E-state index in [9.17, 15) is 0 Å². The van der Waals surface area contributed by atoms with Gasteiger partial charge in [0.2, 0.25) is 0 Å². The van der Waals surface area contributed by atoms with Crippen LogP contribution < -0.4 is 11.1 Å². The molecule has 3 nitrogen and oxygen atoms in total. The Kier molecular flexibility index (Phi) is 3.40. The maximum absolute atomic E-state index is 5.68. The maximum atomic E-state index is 5.68. The van der Waals surface area contributed by atoms with Crippen molar-refractivity contribution in [2.24, 2.45) is 5.73 Å². The monoisotopic (exact) mass is 227 g/mol. The molecule has 0 aliphatic carbocycles. The molecule has 0 saturated carbocycles. The molecule has 0 aliphatic heterocycles. The van der Waals surface area contributed by atoms with Crippen molar-refractivity contribution in [3.8, 4) is 0 Å². The number of anilines is 2. The zero-order valence-corrected chi connectivity index (χ0v) is 10.2. The molecule has 2 aromatic rings. The molecule has 1 heterocycles. The summed E-state index contributed by atoms with van der Waals surface area (Å²) in [7, 11) is 0. The van der Waals surface area contributed by atoms with E-state index >= 15 is 0 Å². The van der Waals surface area contributed by atoms with Gasteiger partial charge in [0.1, 0.15) is 5.82 Å². The van der Waals surface area contributed by atoms with Crippen molar-refractivity contribution in [3.05, 3.63) is 53.2 Å². The molecule has 17 heavy (non-hydrogen) atoms. The van der Waals surface area contributed by atoms with Gasteiger partial charge >= 0.3 is 0 Å². The number of hydrogen-bond acceptors (Lipinski definition) is 3. The maximum Gasteiger partial charge on any atom is 0.134 e. The molecule has 0 spiro atoms. The Morgan fingerprint density at radius 1 is 1.18 bits per heavy atom. The Hall–Kier alpha value is -1.87. The van der Waals surface area contributed by atoms with E-state index in [0.29, 0.717) is 6.54 Å². The van der Waals surface area contributed by atoms with E-state index in [0.717, 1.165) is 17.1 Å². The van der Waals surface area contributed by atoms with Crippen molar-refractivity contribution in [1.29, 1.82) is 0 Å². The minimum absolute atomic E-state index is 0.487. The molecule has 3 heteroatoms. The van der Waals surface area contributed by atoms with Crippen LogP contribution in [0.15, 0.2) is 36.5 Å². The number of rotatable bonds is 3. The highest BCUT2D eigenvalue weighted by atomic mass is 15.0. The lowest BCUT2D eigenvalue weighted by Crippen LogP contribution is -2.03. The summed E-state index contributed by atoms with van der Waals surface area (Å²) in [5, 5.41) is 3.30. The standard InChI is InChI=1S/C14H17N3/c1-10-5-6-13(8-11(10)2)17-14-12(9-15)4-3-7-16-14/h3-8H,9,15H2,1-2H3,(H,16,17). The first kappa shape index (κ1) is 11.6. The summed E-state index contributed by atoms with van der Waals surface area (Å²) >= 11 is 0. The summed E-state index contributed by atoms with van der Waals surface area (Å²) in [5.41, 5.74) is 10.3. The first-order valence-corrected chi connectivity index (χ1v) is 5.69. The molecular weight excluding hydrogens is 210 g/mol. The zero-order chi connectivity index (χ0) is 12.3. The van der Waals surface area contributed by atoms with Crippen LogP contribution in [0.3, 0.4) is 0 Å². The van der Waals surface area contributed by atoms with Crippen molar-refractivity contribution in [2.75, 3.05) is 5.32 Å². The molecule has 0 unspecified atom stereocenters. The highest BCUT2D eigenvalue weighted by Crippen LogP contribution is 2.20. The summed E-state index contributed by atoms with van der Waals surface area (Å²) < 4.78 is 0. The van der Waals surface area contributed by atoms with E-state index in [1.54, 1.807) is 6.20 Å². The van der Waals surface area contributed by atoms with Crippen LogP contribution in [0, 0.1) is 13.8 Å². The Balaban J connectivity index is 2.28. The van der Waals surface area contributed by atoms with Crippen LogP contribution in [0.25, 0.3) is 0 Å². The van der Waals surface area contributed by atoms with Gasteiger partial charge < -0.3 is 11.1 Å². The third kappa shape index (κ3) is 2.63.